The lowest BCUT2D eigenvalue weighted by Crippen LogP contribution is -2.25. The van der Waals surface area contributed by atoms with E-state index in [2.05, 4.69) is 59.1 Å². The summed E-state index contributed by atoms with van der Waals surface area (Å²) in [7, 11) is 2.14. The number of hydrogen-bond donors (Lipinski definition) is 1. The molecule has 0 bridgehead atoms. The molecule has 1 aromatic rings. The Balaban J connectivity index is 2.62. The predicted molar refractivity (Wildman–Crippen MR) is 68.9 cm³/mol. The summed E-state index contributed by atoms with van der Waals surface area (Å²) in [4.78, 5) is 2.33. The van der Waals surface area contributed by atoms with Crippen molar-refractivity contribution in [1.29, 1.82) is 0 Å². The summed E-state index contributed by atoms with van der Waals surface area (Å²) in [6.45, 7) is 4.03. The van der Waals surface area contributed by atoms with E-state index in [1.54, 1.807) is 0 Å². The molecular formula is C12H19BrN2. The zero-order chi connectivity index (χ0) is 11.3. The molecule has 0 fully saturated rings. The van der Waals surface area contributed by atoms with Crippen molar-refractivity contribution in [3.63, 3.8) is 0 Å². The molecule has 0 saturated carbocycles. The second-order valence-electron chi connectivity index (χ2n) is 3.85. The molecule has 1 rings (SSSR count). The topological polar surface area (TPSA) is 29.3 Å². The highest BCUT2D eigenvalue weighted by Crippen LogP contribution is 2.21. The highest BCUT2D eigenvalue weighted by molar-refractivity contribution is 9.10. The molecule has 0 aromatic heterocycles. The molecule has 0 aliphatic rings. The average Bonchev–Trinajstić information content (AvgIpc) is 2.24. The van der Waals surface area contributed by atoms with Crippen LogP contribution in [-0.2, 0) is 0 Å². The van der Waals surface area contributed by atoms with E-state index >= 15 is 0 Å². The van der Waals surface area contributed by atoms with E-state index in [1.807, 2.05) is 0 Å². The molecule has 0 spiro atoms. The van der Waals surface area contributed by atoms with Crippen LogP contribution >= 0.6 is 15.9 Å². The minimum atomic E-state index is 0.439. The normalized spacial score (nSPS) is 13.1. The first kappa shape index (κ1) is 12.7. The molecule has 2 N–H and O–H groups in total. The number of nitrogens with zero attached hydrogens (tertiary/aromatic N) is 1. The first-order valence-electron chi connectivity index (χ1n) is 5.31. The highest BCUT2D eigenvalue weighted by Gasteiger charge is 2.10. The number of nitrogens with two attached hydrogens (primary N) is 1. The average molecular weight is 271 g/mol. The van der Waals surface area contributed by atoms with Crippen LogP contribution in [-0.4, -0.2) is 25.0 Å². The summed E-state index contributed by atoms with van der Waals surface area (Å²) < 4.78 is 1.14. The van der Waals surface area contributed by atoms with E-state index in [0.29, 0.717) is 6.04 Å². The molecule has 0 heterocycles. The van der Waals surface area contributed by atoms with Crippen LogP contribution in [0.3, 0.4) is 0 Å². The molecule has 3 heteroatoms. The summed E-state index contributed by atoms with van der Waals surface area (Å²) in [6, 6.07) is 8.90. The smallest absolute Gasteiger partial charge is 0.0317 e. The summed E-state index contributed by atoms with van der Waals surface area (Å²) >= 11 is 3.49. The van der Waals surface area contributed by atoms with E-state index in [0.717, 1.165) is 24.0 Å². The third-order valence-corrected chi connectivity index (χ3v) is 3.20. The lowest BCUT2D eigenvalue weighted by molar-refractivity contribution is 0.260. The second-order valence-corrected chi connectivity index (χ2v) is 4.77. The summed E-state index contributed by atoms with van der Waals surface area (Å²) in [5, 5.41) is 0. The maximum absolute atomic E-state index is 5.51. The van der Waals surface area contributed by atoms with Crippen LogP contribution in [0.25, 0.3) is 0 Å². The molecule has 0 radical (unpaired) electrons. The largest absolute Gasteiger partial charge is 0.330 e. The van der Waals surface area contributed by atoms with Gasteiger partial charge in [0.1, 0.15) is 0 Å². The van der Waals surface area contributed by atoms with Crippen molar-refractivity contribution in [1.82, 2.24) is 4.90 Å². The molecule has 2 nitrogen and oxygen atoms in total. The Bertz CT molecular complexity index is 301. The molecular weight excluding hydrogens is 252 g/mol. The Kier molecular flexibility index (Phi) is 5.29. The fourth-order valence-electron chi connectivity index (χ4n) is 1.56. The van der Waals surface area contributed by atoms with Crippen molar-refractivity contribution < 1.29 is 0 Å². The zero-order valence-corrected chi connectivity index (χ0v) is 11.0. The molecule has 15 heavy (non-hydrogen) atoms. The maximum atomic E-state index is 5.51. The van der Waals surface area contributed by atoms with Gasteiger partial charge >= 0.3 is 0 Å². The van der Waals surface area contributed by atoms with E-state index in [1.165, 1.54) is 5.56 Å². The quantitative estimate of drug-likeness (QED) is 0.892. The Hall–Kier alpha value is -0.380. The minimum Gasteiger partial charge on any atom is -0.330 e. The van der Waals surface area contributed by atoms with Crippen LogP contribution in [0.2, 0.25) is 0 Å². The monoisotopic (exact) mass is 270 g/mol. The number of hydrogen-bond acceptors (Lipinski definition) is 2. The van der Waals surface area contributed by atoms with Crippen LogP contribution in [0.5, 0.6) is 0 Å². The Morgan fingerprint density at radius 1 is 1.47 bits per heavy atom. The van der Waals surface area contributed by atoms with E-state index in [4.69, 9.17) is 5.73 Å². The minimum absolute atomic E-state index is 0.439. The second kappa shape index (κ2) is 6.26. The van der Waals surface area contributed by atoms with Gasteiger partial charge in [0.05, 0.1) is 0 Å². The Morgan fingerprint density at radius 3 is 2.80 bits per heavy atom. The van der Waals surface area contributed by atoms with Crippen molar-refractivity contribution in [2.24, 2.45) is 5.73 Å². The van der Waals surface area contributed by atoms with Gasteiger partial charge in [-0.2, -0.15) is 0 Å². The van der Waals surface area contributed by atoms with Gasteiger partial charge in [-0.1, -0.05) is 28.1 Å². The molecule has 1 unspecified atom stereocenters. The van der Waals surface area contributed by atoms with Crippen molar-refractivity contribution in [3.8, 4) is 0 Å². The summed E-state index contributed by atoms with van der Waals surface area (Å²) in [5.41, 5.74) is 6.84. The lowest BCUT2D eigenvalue weighted by atomic mass is 10.1. The van der Waals surface area contributed by atoms with Gasteiger partial charge in [0.15, 0.2) is 0 Å². The van der Waals surface area contributed by atoms with E-state index in [9.17, 15) is 0 Å². The van der Waals surface area contributed by atoms with Crippen molar-refractivity contribution in [3.05, 3.63) is 34.3 Å². The summed E-state index contributed by atoms with van der Waals surface area (Å²) in [5.74, 6) is 0. The van der Waals surface area contributed by atoms with Gasteiger partial charge in [0.25, 0.3) is 0 Å². The number of halogens is 1. The van der Waals surface area contributed by atoms with Gasteiger partial charge in [-0.3, -0.25) is 4.90 Å². The van der Waals surface area contributed by atoms with Crippen LogP contribution in [0.15, 0.2) is 28.7 Å². The number of benzene rings is 1. The van der Waals surface area contributed by atoms with Crippen molar-refractivity contribution in [2.75, 3.05) is 20.1 Å². The molecule has 1 aromatic carbocycles. The fourth-order valence-corrected chi connectivity index (χ4v) is 1.97. The number of rotatable bonds is 5. The molecule has 84 valence electrons. The van der Waals surface area contributed by atoms with Crippen LogP contribution in [0.1, 0.15) is 24.9 Å². The zero-order valence-electron chi connectivity index (χ0n) is 9.41. The first-order chi connectivity index (χ1) is 7.15. The van der Waals surface area contributed by atoms with E-state index in [-0.39, 0.29) is 0 Å². The van der Waals surface area contributed by atoms with Crippen molar-refractivity contribution >= 4 is 15.9 Å². The molecule has 0 aliphatic heterocycles. The maximum Gasteiger partial charge on any atom is 0.0317 e. The molecule has 0 saturated heterocycles. The van der Waals surface area contributed by atoms with E-state index < -0.39 is 0 Å². The first-order valence-corrected chi connectivity index (χ1v) is 6.10. The third kappa shape index (κ3) is 3.93. The van der Waals surface area contributed by atoms with Crippen LogP contribution < -0.4 is 5.73 Å². The summed E-state index contributed by atoms with van der Waals surface area (Å²) in [6.07, 6.45) is 1.05. The van der Waals surface area contributed by atoms with Gasteiger partial charge in [-0.05, 0) is 51.2 Å². The highest BCUT2D eigenvalue weighted by atomic mass is 79.9. The SMILES string of the molecule is CC(c1cccc(Br)c1)N(C)CCCN. The van der Waals surface area contributed by atoms with Crippen LogP contribution in [0.4, 0.5) is 0 Å². The Morgan fingerprint density at radius 2 is 2.20 bits per heavy atom. The van der Waals surface area contributed by atoms with Gasteiger partial charge in [0, 0.05) is 10.5 Å². The van der Waals surface area contributed by atoms with Gasteiger partial charge in [0.2, 0.25) is 0 Å². The standard InChI is InChI=1S/C12H19BrN2/c1-10(15(2)8-4-7-14)11-5-3-6-12(13)9-11/h3,5-6,9-10H,4,7-8,14H2,1-2H3. The predicted octanol–water partition coefficient (Wildman–Crippen LogP) is 2.79. The van der Waals surface area contributed by atoms with Crippen LogP contribution in [0, 0.1) is 0 Å². The molecule has 1 atom stereocenters. The van der Waals surface area contributed by atoms with Gasteiger partial charge in [-0.15, -0.1) is 0 Å². The molecule has 0 aliphatic carbocycles. The lowest BCUT2D eigenvalue weighted by Gasteiger charge is -2.24. The molecule has 0 amide bonds. The third-order valence-electron chi connectivity index (χ3n) is 2.71. The van der Waals surface area contributed by atoms with Gasteiger partial charge < -0.3 is 5.73 Å². The van der Waals surface area contributed by atoms with Gasteiger partial charge in [-0.25, -0.2) is 0 Å². The Labute approximate surface area is 101 Å². The fraction of sp³-hybridized carbons (Fsp3) is 0.500. The van der Waals surface area contributed by atoms with Crippen molar-refractivity contribution in [2.45, 2.75) is 19.4 Å².